The van der Waals surface area contributed by atoms with E-state index in [0.717, 1.165) is 11.5 Å². The van der Waals surface area contributed by atoms with Crippen LogP contribution >= 0.6 is 0 Å². The zero-order chi connectivity index (χ0) is 11.6. The maximum Gasteiger partial charge on any atom is 0.162 e. The van der Waals surface area contributed by atoms with Crippen LogP contribution in [0.4, 0.5) is 0 Å². The molecule has 1 N–H and O–H groups in total. The van der Waals surface area contributed by atoms with E-state index in [9.17, 15) is 0 Å². The number of hydrogen-bond donors (Lipinski definition) is 1. The minimum absolute atomic E-state index is 0.207. The molecule has 90 valence electrons. The second-order valence-electron chi connectivity index (χ2n) is 4.53. The highest BCUT2D eigenvalue weighted by Gasteiger charge is 2.27. The van der Waals surface area contributed by atoms with E-state index in [-0.39, 0.29) is 6.04 Å². The van der Waals surface area contributed by atoms with Crippen LogP contribution in [0.3, 0.4) is 0 Å². The van der Waals surface area contributed by atoms with E-state index >= 15 is 0 Å². The molecule has 0 atom stereocenters. The van der Waals surface area contributed by atoms with Crippen molar-refractivity contribution in [2.75, 3.05) is 13.2 Å². The Morgan fingerprint density at radius 1 is 1.44 bits per heavy atom. The van der Waals surface area contributed by atoms with Crippen LogP contribution in [-0.4, -0.2) is 30.2 Å². The first kappa shape index (κ1) is 11.6. The monoisotopic (exact) mass is 226 g/mol. The van der Waals surface area contributed by atoms with Gasteiger partial charge in [0, 0.05) is 6.07 Å². The predicted molar refractivity (Wildman–Crippen MR) is 57.9 cm³/mol. The Labute approximate surface area is 95.1 Å². The first-order chi connectivity index (χ1) is 7.55. The molecule has 16 heavy (non-hydrogen) atoms. The van der Waals surface area contributed by atoms with E-state index in [1.807, 2.05) is 26.8 Å². The third-order valence-corrected chi connectivity index (χ3v) is 2.51. The van der Waals surface area contributed by atoms with Gasteiger partial charge in [0.15, 0.2) is 11.5 Å². The summed E-state index contributed by atoms with van der Waals surface area (Å²) in [5, 5.41) is 7.13. The smallest absolute Gasteiger partial charge is 0.162 e. The summed E-state index contributed by atoms with van der Waals surface area (Å²) < 4.78 is 16.2. The first-order valence-corrected chi connectivity index (χ1v) is 5.49. The van der Waals surface area contributed by atoms with Gasteiger partial charge in [-0.3, -0.25) is 0 Å². The maximum atomic E-state index is 5.54. The Hall–Kier alpha value is -0.910. The van der Waals surface area contributed by atoms with Crippen LogP contribution in [0, 0.1) is 6.92 Å². The summed E-state index contributed by atoms with van der Waals surface area (Å²) in [5.41, 5.74) is 0.897. The lowest BCUT2D eigenvalue weighted by atomic mass is 10.2. The molecule has 2 heterocycles. The fourth-order valence-electron chi connectivity index (χ4n) is 1.55. The number of rotatable bonds is 3. The van der Waals surface area contributed by atoms with E-state index in [4.69, 9.17) is 14.0 Å². The summed E-state index contributed by atoms with van der Waals surface area (Å²) in [4.78, 5) is 0. The van der Waals surface area contributed by atoms with E-state index in [2.05, 4.69) is 10.5 Å². The van der Waals surface area contributed by atoms with Gasteiger partial charge in [0.05, 0.1) is 31.5 Å². The number of nitrogens with zero attached hydrogens (tertiary/aromatic N) is 1. The molecule has 0 bridgehead atoms. The topological polar surface area (TPSA) is 56.5 Å². The Bertz CT molecular complexity index is 339. The molecule has 1 aliphatic rings. The van der Waals surface area contributed by atoms with E-state index < -0.39 is 5.79 Å². The molecular formula is C11H18N2O3. The van der Waals surface area contributed by atoms with E-state index in [1.54, 1.807) is 0 Å². The molecule has 0 aromatic carbocycles. The molecule has 0 aliphatic carbocycles. The normalized spacial score (nSPS) is 21.2. The quantitative estimate of drug-likeness (QED) is 0.840. The third-order valence-electron chi connectivity index (χ3n) is 2.51. The Kier molecular flexibility index (Phi) is 3.28. The SMILES string of the molecule is Cc1cc(CNC2COC(C)(C)OC2)on1. The molecule has 1 aromatic rings. The number of aryl methyl sites for hydroxylation is 1. The van der Waals surface area contributed by atoms with Crippen molar-refractivity contribution in [3.63, 3.8) is 0 Å². The van der Waals surface area contributed by atoms with Crippen molar-refractivity contribution >= 4 is 0 Å². The number of aromatic nitrogens is 1. The van der Waals surface area contributed by atoms with Gasteiger partial charge in [-0.2, -0.15) is 0 Å². The van der Waals surface area contributed by atoms with Crippen LogP contribution in [0.1, 0.15) is 25.3 Å². The van der Waals surface area contributed by atoms with Gasteiger partial charge in [0.1, 0.15) is 0 Å². The lowest BCUT2D eigenvalue weighted by molar-refractivity contribution is -0.253. The summed E-state index contributed by atoms with van der Waals surface area (Å²) in [5.74, 6) is 0.378. The molecule has 0 amide bonds. The van der Waals surface area contributed by atoms with Crippen molar-refractivity contribution in [3.8, 4) is 0 Å². The van der Waals surface area contributed by atoms with Gasteiger partial charge in [0.2, 0.25) is 0 Å². The zero-order valence-electron chi connectivity index (χ0n) is 9.95. The standard InChI is InChI=1S/C11H18N2O3/c1-8-4-10(16-13-8)5-12-9-6-14-11(2,3)15-7-9/h4,9,12H,5-7H2,1-3H3. The Morgan fingerprint density at radius 2 is 2.12 bits per heavy atom. The molecule has 1 aromatic heterocycles. The van der Waals surface area contributed by atoms with E-state index in [0.29, 0.717) is 19.8 Å². The summed E-state index contributed by atoms with van der Waals surface area (Å²) in [6.07, 6.45) is 0. The fourth-order valence-corrected chi connectivity index (χ4v) is 1.55. The molecule has 0 radical (unpaired) electrons. The highest BCUT2D eigenvalue weighted by molar-refractivity contribution is 5.02. The van der Waals surface area contributed by atoms with Gasteiger partial charge in [-0.15, -0.1) is 0 Å². The number of hydrogen-bond acceptors (Lipinski definition) is 5. The average Bonchev–Trinajstić information content (AvgIpc) is 2.63. The van der Waals surface area contributed by atoms with Gasteiger partial charge in [0.25, 0.3) is 0 Å². The van der Waals surface area contributed by atoms with Crippen molar-refractivity contribution in [2.45, 2.75) is 39.1 Å². The Balaban J connectivity index is 1.75. The lowest BCUT2D eigenvalue weighted by Gasteiger charge is -2.35. The molecule has 0 spiro atoms. The molecule has 0 saturated carbocycles. The lowest BCUT2D eigenvalue weighted by Crippen LogP contribution is -2.48. The summed E-state index contributed by atoms with van der Waals surface area (Å²) in [7, 11) is 0. The summed E-state index contributed by atoms with van der Waals surface area (Å²) >= 11 is 0. The van der Waals surface area contributed by atoms with Gasteiger partial charge >= 0.3 is 0 Å². The minimum Gasteiger partial charge on any atom is -0.360 e. The van der Waals surface area contributed by atoms with Gasteiger partial charge < -0.3 is 19.3 Å². The molecule has 1 saturated heterocycles. The van der Waals surface area contributed by atoms with Crippen LogP contribution in [0.2, 0.25) is 0 Å². The van der Waals surface area contributed by atoms with E-state index in [1.165, 1.54) is 0 Å². The van der Waals surface area contributed by atoms with Crippen LogP contribution in [0.5, 0.6) is 0 Å². The van der Waals surface area contributed by atoms with Crippen LogP contribution in [-0.2, 0) is 16.0 Å². The summed E-state index contributed by atoms with van der Waals surface area (Å²) in [6.45, 7) is 7.70. The molecule has 5 nitrogen and oxygen atoms in total. The highest BCUT2D eigenvalue weighted by Crippen LogP contribution is 2.17. The van der Waals surface area contributed by atoms with Crippen LogP contribution < -0.4 is 5.32 Å². The Morgan fingerprint density at radius 3 is 2.69 bits per heavy atom. The molecule has 0 unspecified atom stereocenters. The average molecular weight is 226 g/mol. The highest BCUT2D eigenvalue weighted by atomic mass is 16.7. The number of nitrogens with one attached hydrogen (secondary N) is 1. The molecule has 5 heteroatoms. The predicted octanol–water partition coefficient (Wildman–Crippen LogP) is 1.22. The largest absolute Gasteiger partial charge is 0.360 e. The molecule has 2 rings (SSSR count). The third kappa shape index (κ3) is 3.04. The van der Waals surface area contributed by atoms with Gasteiger partial charge in [-0.05, 0) is 20.8 Å². The van der Waals surface area contributed by atoms with Gasteiger partial charge in [-0.1, -0.05) is 5.16 Å². The van der Waals surface area contributed by atoms with Crippen molar-refractivity contribution in [2.24, 2.45) is 0 Å². The minimum atomic E-state index is -0.457. The summed E-state index contributed by atoms with van der Waals surface area (Å²) in [6, 6.07) is 2.13. The second-order valence-corrected chi connectivity index (χ2v) is 4.53. The number of ether oxygens (including phenoxy) is 2. The van der Waals surface area contributed by atoms with Crippen molar-refractivity contribution in [3.05, 3.63) is 17.5 Å². The maximum absolute atomic E-state index is 5.54. The molecule has 1 fully saturated rings. The van der Waals surface area contributed by atoms with Crippen molar-refractivity contribution in [1.29, 1.82) is 0 Å². The zero-order valence-corrected chi connectivity index (χ0v) is 9.95. The first-order valence-electron chi connectivity index (χ1n) is 5.49. The van der Waals surface area contributed by atoms with Gasteiger partial charge in [-0.25, -0.2) is 0 Å². The second kappa shape index (κ2) is 4.53. The van der Waals surface area contributed by atoms with Crippen LogP contribution in [0.25, 0.3) is 0 Å². The molecular weight excluding hydrogens is 208 g/mol. The van der Waals surface area contributed by atoms with Crippen LogP contribution in [0.15, 0.2) is 10.6 Å². The fraction of sp³-hybridized carbons (Fsp3) is 0.727. The molecule has 1 aliphatic heterocycles. The van der Waals surface area contributed by atoms with Crippen molar-refractivity contribution in [1.82, 2.24) is 10.5 Å². The van der Waals surface area contributed by atoms with Crippen molar-refractivity contribution < 1.29 is 14.0 Å².